The van der Waals surface area contributed by atoms with Gasteiger partial charge in [-0.1, -0.05) is 18.2 Å². The second-order valence-electron chi connectivity index (χ2n) is 6.12. The Labute approximate surface area is 159 Å². The Morgan fingerprint density at radius 3 is 2.32 bits per heavy atom. The number of nitrogens with one attached hydrogen (secondary N) is 2. The number of ketones is 1. The van der Waals surface area contributed by atoms with E-state index in [1.165, 1.54) is 26.0 Å². The average Bonchev–Trinajstić information content (AvgIpc) is 2.68. The fraction of sp³-hybridized carbons (Fsp3) is 0.150. The molecule has 0 saturated carbocycles. The Morgan fingerprint density at radius 1 is 1.04 bits per heavy atom. The first kappa shape index (κ1) is 19.0. The smallest absolute Gasteiger partial charge is 0.360 e. The van der Waals surface area contributed by atoms with Gasteiger partial charge in [-0.2, -0.15) is 5.10 Å². The van der Waals surface area contributed by atoms with E-state index in [1.807, 2.05) is 0 Å². The minimum atomic E-state index is -1.06. The zero-order chi connectivity index (χ0) is 20.3. The minimum absolute atomic E-state index is 0.0733. The van der Waals surface area contributed by atoms with Gasteiger partial charge in [0.1, 0.15) is 0 Å². The van der Waals surface area contributed by atoms with Crippen molar-refractivity contribution in [2.75, 3.05) is 5.32 Å². The first-order valence-corrected chi connectivity index (χ1v) is 8.47. The summed E-state index contributed by atoms with van der Waals surface area (Å²) in [5.74, 6) is -1.44. The van der Waals surface area contributed by atoms with Crippen LogP contribution in [0.1, 0.15) is 34.7 Å². The maximum atomic E-state index is 12.5. The van der Waals surface area contributed by atoms with E-state index in [0.29, 0.717) is 22.0 Å². The van der Waals surface area contributed by atoms with Crippen molar-refractivity contribution in [3.8, 4) is 0 Å². The summed E-state index contributed by atoms with van der Waals surface area (Å²) >= 11 is 0. The average molecular weight is 379 g/mol. The number of rotatable bonds is 5. The molecule has 0 aliphatic rings. The molecule has 0 bridgehead atoms. The lowest BCUT2D eigenvalue weighted by Crippen LogP contribution is -2.26. The molecule has 2 aromatic carbocycles. The molecule has 1 heterocycles. The molecule has 0 aliphatic heterocycles. The second-order valence-corrected chi connectivity index (χ2v) is 6.12. The van der Waals surface area contributed by atoms with Crippen LogP contribution in [-0.2, 0) is 9.53 Å². The van der Waals surface area contributed by atoms with Gasteiger partial charge < -0.3 is 10.1 Å². The minimum Gasteiger partial charge on any atom is -0.449 e. The van der Waals surface area contributed by atoms with E-state index in [4.69, 9.17) is 4.74 Å². The van der Waals surface area contributed by atoms with Gasteiger partial charge in [0.15, 0.2) is 11.8 Å². The van der Waals surface area contributed by atoms with Crippen LogP contribution in [0.2, 0.25) is 0 Å². The largest absolute Gasteiger partial charge is 0.449 e. The van der Waals surface area contributed by atoms with Gasteiger partial charge in [-0.25, -0.2) is 9.89 Å². The number of hydrogen-bond donors (Lipinski definition) is 2. The highest BCUT2D eigenvalue weighted by Gasteiger charge is 2.23. The van der Waals surface area contributed by atoms with Crippen LogP contribution in [0.15, 0.2) is 53.3 Å². The number of amides is 1. The summed E-state index contributed by atoms with van der Waals surface area (Å²) in [6, 6.07) is 12.7. The molecule has 0 fully saturated rings. The highest BCUT2D eigenvalue weighted by atomic mass is 16.5. The number of hydrogen-bond acceptors (Lipinski definition) is 6. The number of anilines is 1. The lowest BCUT2D eigenvalue weighted by molar-refractivity contribution is -0.114. The van der Waals surface area contributed by atoms with Crippen molar-refractivity contribution in [1.82, 2.24) is 10.2 Å². The van der Waals surface area contributed by atoms with Crippen molar-refractivity contribution in [3.05, 3.63) is 70.1 Å². The molecule has 0 aliphatic carbocycles. The first-order chi connectivity index (χ1) is 13.4. The summed E-state index contributed by atoms with van der Waals surface area (Å²) in [7, 11) is 0. The van der Waals surface area contributed by atoms with Gasteiger partial charge in [0.25, 0.3) is 5.56 Å². The van der Waals surface area contributed by atoms with E-state index >= 15 is 0 Å². The Bertz CT molecular complexity index is 1120. The number of Topliss-reactive ketones (excluding diaryl/α,β-unsaturated/α-hetero) is 1. The molecular weight excluding hydrogens is 362 g/mol. The SMILES string of the molecule is CC(=O)Nc1ccc(C(=O)[C@@H](C)OC(=O)c2n[nH]c(=O)c3ccccc23)cc1. The number of benzene rings is 2. The summed E-state index contributed by atoms with van der Waals surface area (Å²) < 4.78 is 5.25. The van der Waals surface area contributed by atoms with Crippen molar-refractivity contribution in [2.45, 2.75) is 20.0 Å². The van der Waals surface area contributed by atoms with Gasteiger partial charge >= 0.3 is 5.97 Å². The summed E-state index contributed by atoms with van der Waals surface area (Å²) in [5, 5.41) is 9.27. The lowest BCUT2D eigenvalue weighted by atomic mass is 10.1. The van der Waals surface area contributed by atoms with Crippen molar-refractivity contribution in [1.29, 1.82) is 0 Å². The van der Waals surface area contributed by atoms with Gasteiger partial charge in [-0.05, 0) is 37.3 Å². The predicted molar refractivity (Wildman–Crippen MR) is 102 cm³/mol. The van der Waals surface area contributed by atoms with Crippen LogP contribution in [0.4, 0.5) is 5.69 Å². The van der Waals surface area contributed by atoms with E-state index in [9.17, 15) is 19.2 Å². The second kappa shape index (κ2) is 7.83. The van der Waals surface area contributed by atoms with Crippen LogP contribution >= 0.6 is 0 Å². The van der Waals surface area contributed by atoms with E-state index in [-0.39, 0.29) is 11.6 Å². The fourth-order valence-corrected chi connectivity index (χ4v) is 2.70. The molecule has 3 rings (SSSR count). The highest BCUT2D eigenvalue weighted by Crippen LogP contribution is 2.16. The third-order valence-corrected chi connectivity index (χ3v) is 4.03. The molecule has 3 aromatic rings. The number of aromatic amines is 1. The molecule has 0 saturated heterocycles. The van der Waals surface area contributed by atoms with E-state index in [0.717, 1.165) is 0 Å². The number of nitrogens with zero attached hydrogens (tertiary/aromatic N) is 1. The topological polar surface area (TPSA) is 118 Å². The van der Waals surface area contributed by atoms with Gasteiger partial charge in [0.2, 0.25) is 11.7 Å². The van der Waals surface area contributed by atoms with Crippen molar-refractivity contribution in [2.24, 2.45) is 0 Å². The predicted octanol–water partition coefficient (Wildman–Crippen LogP) is 2.31. The number of carbonyl (C=O) groups is 3. The van der Waals surface area contributed by atoms with E-state index < -0.39 is 23.4 Å². The summed E-state index contributed by atoms with van der Waals surface area (Å²) in [6.07, 6.45) is -1.06. The zero-order valence-corrected chi connectivity index (χ0v) is 15.2. The van der Waals surface area contributed by atoms with Gasteiger partial charge in [0.05, 0.1) is 5.39 Å². The molecule has 8 nitrogen and oxygen atoms in total. The number of carbonyl (C=O) groups excluding carboxylic acids is 3. The molecule has 1 amide bonds. The molecule has 1 atom stereocenters. The van der Waals surface area contributed by atoms with Gasteiger partial charge in [-0.15, -0.1) is 0 Å². The number of aromatic nitrogens is 2. The van der Waals surface area contributed by atoms with Crippen LogP contribution in [-0.4, -0.2) is 34.0 Å². The quantitative estimate of drug-likeness (QED) is 0.519. The molecule has 142 valence electrons. The van der Waals surface area contributed by atoms with E-state index in [2.05, 4.69) is 15.5 Å². The van der Waals surface area contributed by atoms with Gasteiger partial charge in [-0.3, -0.25) is 14.4 Å². The summed E-state index contributed by atoms with van der Waals surface area (Å²) in [6.45, 7) is 2.84. The number of esters is 1. The fourth-order valence-electron chi connectivity index (χ4n) is 2.70. The molecular formula is C20H17N3O5. The summed E-state index contributed by atoms with van der Waals surface area (Å²) in [5.41, 5.74) is 0.387. The molecule has 2 N–H and O–H groups in total. The lowest BCUT2D eigenvalue weighted by Gasteiger charge is -2.13. The number of fused-ring (bicyclic) bond motifs is 1. The van der Waals surface area contributed by atoms with Gasteiger partial charge in [0, 0.05) is 23.6 Å². The molecule has 0 spiro atoms. The van der Waals surface area contributed by atoms with Crippen LogP contribution in [0.3, 0.4) is 0 Å². The Kier molecular flexibility index (Phi) is 5.30. The van der Waals surface area contributed by atoms with Crippen molar-refractivity contribution >= 4 is 34.1 Å². The Hall–Kier alpha value is -3.81. The molecule has 0 radical (unpaired) electrons. The van der Waals surface area contributed by atoms with Crippen LogP contribution in [0.5, 0.6) is 0 Å². The van der Waals surface area contributed by atoms with Crippen molar-refractivity contribution < 1.29 is 19.1 Å². The number of ether oxygens (including phenoxy) is 1. The Balaban J connectivity index is 1.77. The summed E-state index contributed by atoms with van der Waals surface area (Å²) in [4.78, 5) is 47.9. The first-order valence-electron chi connectivity index (χ1n) is 8.47. The Morgan fingerprint density at radius 2 is 1.68 bits per heavy atom. The van der Waals surface area contributed by atoms with Crippen LogP contribution in [0, 0.1) is 0 Å². The molecule has 28 heavy (non-hydrogen) atoms. The third-order valence-electron chi connectivity index (χ3n) is 4.03. The standard InChI is InChI=1S/C20H17N3O5/c1-11(18(25)13-7-9-14(10-8-13)21-12(2)24)28-20(27)17-15-5-3-4-6-16(15)19(26)23-22-17/h3-11H,1-2H3,(H,21,24)(H,23,26)/t11-/m1/s1. The maximum Gasteiger partial charge on any atom is 0.360 e. The molecule has 0 unspecified atom stereocenters. The molecule has 8 heteroatoms. The molecule has 1 aromatic heterocycles. The number of H-pyrrole nitrogens is 1. The normalized spacial score (nSPS) is 11.6. The van der Waals surface area contributed by atoms with E-state index in [1.54, 1.807) is 36.4 Å². The van der Waals surface area contributed by atoms with Crippen molar-refractivity contribution in [3.63, 3.8) is 0 Å². The third kappa shape index (κ3) is 3.96. The monoisotopic (exact) mass is 379 g/mol. The van der Waals surface area contributed by atoms with Crippen LogP contribution in [0.25, 0.3) is 10.8 Å². The zero-order valence-electron chi connectivity index (χ0n) is 15.2. The maximum absolute atomic E-state index is 12.5. The van der Waals surface area contributed by atoms with Crippen LogP contribution < -0.4 is 10.9 Å². The highest BCUT2D eigenvalue weighted by molar-refractivity contribution is 6.05.